The molecular formula is C19H30BrN3O2. The lowest BCUT2D eigenvalue weighted by Gasteiger charge is -2.33. The minimum atomic E-state index is -0.472. The first-order valence-electron chi connectivity index (χ1n) is 8.85. The molecule has 1 aliphatic heterocycles. The molecule has 1 aromatic heterocycles. The zero-order valence-electron chi connectivity index (χ0n) is 15.9. The van der Waals surface area contributed by atoms with Crippen molar-refractivity contribution in [3.8, 4) is 0 Å². The van der Waals surface area contributed by atoms with Crippen molar-refractivity contribution in [1.29, 1.82) is 0 Å². The molecule has 2 rings (SSSR count). The van der Waals surface area contributed by atoms with Crippen LogP contribution in [0.5, 0.6) is 0 Å². The standard InChI is InChI=1S/C19H30BrN3O2/c1-18(2,3)25-17(24)23-12-13(11-19(23,4)5)6-7-15(21)16-10-14(20)8-9-22-16/h8-10,13,15H,6-7,11-12,21H2,1-5H3/t13-,15?/m0/s1. The number of hydrogen-bond donors (Lipinski definition) is 1. The van der Waals surface area contributed by atoms with Gasteiger partial charge < -0.3 is 15.4 Å². The van der Waals surface area contributed by atoms with Gasteiger partial charge in [0.25, 0.3) is 0 Å². The van der Waals surface area contributed by atoms with Gasteiger partial charge >= 0.3 is 6.09 Å². The first-order chi connectivity index (χ1) is 11.5. The number of pyridine rings is 1. The first kappa shape index (κ1) is 20.2. The second-order valence-corrected chi connectivity index (χ2v) is 9.47. The second kappa shape index (κ2) is 7.62. The van der Waals surface area contributed by atoms with Crippen LogP contribution < -0.4 is 5.73 Å². The van der Waals surface area contributed by atoms with E-state index >= 15 is 0 Å². The van der Waals surface area contributed by atoms with Gasteiger partial charge in [-0.3, -0.25) is 4.98 Å². The summed E-state index contributed by atoms with van der Waals surface area (Å²) < 4.78 is 6.55. The molecule has 1 aliphatic rings. The molecule has 6 heteroatoms. The Balaban J connectivity index is 1.93. The smallest absolute Gasteiger partial charge is 0.410 e. The zero-order valence-corrected chi connectivity index (χ0v) is 17.5. The van der Waals surface area contributed by atoms with Crippen LogP contribution in [0.4, 0.5) is 4.79 Å². The fraction of sp³-hybridized carbons (Fsp3) is 0.684. The molecule has 0 saturated carbocycles. The highest BCUT2D eigenvalue weighted by atomic mass is 79.9. The number of amides is 1. The molecule has 2 heterocycles. The molecule has 1 saturated heterocycles. The number of aromatic nitrogens is 1. The molecule has 0 aromatic carbocycles. The number of carbonyl (C=O) groups is 1. The molecule has 0 aliphatic carbocycles. The number of ether oxygens (including phenoxy) is 1. The van der Waals surface area contributed by atoms with Gasteiger partial charge in [0.05, 0.1) is 5.69 Å². The van der Waals surface area contributed by atoms with Crippen LogP contribution in [0.1, 0.15) is 65.6 Å². The predicted octanol–water partition coefficient (Wildman–Crippen LogP) is 4.66. The molecule has 0 radical (unpaired) electrons. The SMILES string of the molecule is CC(C)(C)OC(=O)N1C[C@@H](CCC(N)c2cc(Br)ccn2)CC1(C)C. The van der Waals surface area contributed by atoms with Gasteiger partial charge in [-0.05, 0) is 71.9 Å². The van der Waals surface area contributed by atoms with Gasteiger partial charge in [0.1, 0.15) is 5.60 Å². The van der Waals surface area contributed by atoms with Gasteiger partial charge in [0.2, 0.25) is 0 Å². The summed E-state index contributed by atoms with van der Waals surface area (Å²) in [6.45, 7) is 10.6. The summed E-state index contributed by atoms with van der Waals surface area (Å²) in [5.74, 6) is 0.431. The van der Waals surface area contributed by atoms with E-state index in [1.54, 1.807) is 6.20 Å². The molecule has 0 spiro atoms. The number of rotatable bonds is 4. The molecule has 2 atom stereocenters. The maximum Gasteiger partial charge on any atom is 0.410 e. The number of carbonyl (C=O) groups excluding carboxylic acids is 1. The Morgan fingerprint density at radius 3 is 2.80 bits per heavy atom. The van der Waals surface area contributed by atoms with Gasteiger partial charge in [0.15, 0.2) is 0 Å². The van der Waals surface area contributed by atoms with Crippen molar-refractivity contribution in [2.24, 2.45) is 11.7 Å². The van der Waals surface area contributed by atoms with Gasteiger partial charge in [-0.25, -0.2) is 4.79 Å². The maximum absolute atomic E-state index is 12.5. The van der Waals surface area contributed by atoms with Gasteiger partial charge in [-0.2, -0.15) is 0 Å². The fourth-order valence-electron chi connectivity index (χ4n) is 3.41. The van der Waals surface area contributed by atoms with E-state index < -0.39 is 5.60 Å². The third-order valence-corrected chi connectivity index (χ3v) is 5.08. The Labute approximate surface area is 159 Å². The molecule has 2 N–H and O–H groups in total. The lowest BCUT2D eigenvalue weighted by atomic mass is 9.91. The lowest BCUT2D eigenvalue weighted by molar-refractivity contribution is 0.0131. The normalized spacial score (nSPS) is 21.2. The summed E-state index contributed by atoms with van der Waals surface area (Å²) in [6.07, 6.45) is 4.33. The van der Waals surface area contributed by atoms with Crippen LogP contribution in [0.25, 0.3) is 0 Å². The summed E-state index contributed by atoms with van der Waals surface area (Å²) in [7, 11) is 0. The molecular weight excluding hydrogens is 382 g/mol. The molecule has 1 unspecified atom stereocenters. The first-order valence-corrected chi connectivity index (χ1v) is 9.65. The van der Waals surface area contributed by atoms with Crippen molar-refractivity contribution >= 4 is 22.0 Å². The summed E-state index contributed by atoms with van der Waals surface area (Å²) >= 11 is 3.46. The van der Waals surface area contributed by atoms with Crippen molar-refractivity contribution in [2.45, 2.75) is 71.1 Å². The van der Waals surface area contributed by atoms with E-state index in [0.717, 1.165) is 36.0 Å². The highest BCUT2D eigenvalue weighted by Gasteiger charge is 2.42. The zero-order chi connectivity index (χ0) is 18.8. The van der Waals surface area contributed by atoms with Crippen molar-refractivity contribution in [1.82, 2.24) is 9.88 Å². The predicted molar refractivity (Wildman–Crippen MR) is 103 cm³/mol. The van der Waals surface area contributed by atoms with Crippen LogP contribution in [0.15, 0.2) is 22.8 Å². The van der Waals surface area contributed by atoms with Gasteiger partial charge in [0, 0.05) is 28.8 Å². The molecule has 5 nitrogen and oxygen atoms in total. The summed E-state index contributed by atoms with van der Waals surface area (Å²) in [5.41, 5.74) is 6.54. The third-order valence-electron chi connectivity index (χ3n) is 4.58. The molecule has 1 aromatic rings. The van der Waals surface area contributed by atoms with E-state index in [9.17, 15) is 4.79 Å². The topological polar surface area (TPSA) is 68.5 Å². The number of nitrogens with zero attached hydrogens (tertiary/aromatic N) is 2. The van der Waals surface area contributed by atoms with E-state index in [2.05, 4.69) is 34.8 Å². The third kappa shape index (κ3) is 5.68. The lowest BCUT2D eigenvalue weighted by Crippen LogP contribution is -2.45. The molecule has 0 bridgehead atoms. The average Bonchev–Trinajstić information content (AvgIpc) is 2.78. The minimum absolute atomic E-state index is 0.0869. The molecule has 1 amide bonds. The summed E-state index contributed by atoms with van der Waals surface area (Å²) in [5, 5.41) is 0. The van der Waals surface area contributed by atoms with Crippen LogP contribution in [0.2, 0.25) is 0 Å². The largest absolute Gasteiger partial charge is 0.444 e. The summed E-state index contributed by atoms with van der Waals surface area (Å²) in [6, 6.07) is 3.78. The number of halogens is 1. The highest BCUT2D eigenvalue weighted by molar-refractivity contribution is 9.10. The average molecular weight is 412 g/mol. The maximum atomic E-state index is 12.5. The second-order valence-electron chi connectivity index (χ2n) is 8.56. The van der Waals surface area contributed by atoms with Crippen molar-refractivity contribution in [3.05, 3.63) is 28.5 Å². The monoisotopic (exact) mass is 411 g/mol. The van der Waals surface area contributed by atoms with Crippen LogP contribution in [-0.4, -0.2) is 33.7 Å². The number of hydrogen-bond acceptors (Lipinski definition) is 4. The van der Waals surface area contributed by atoms with Crippen LogP contribution >= 0.6 is 15.9 Å². The number of nitrogens with two attached hydrogens (primary N) is 1. The minimum Gasteiger partial charge on any atom is -0.444 e. The van der Waals surface area contributed by atoms with Gasteiger partial charge in [-0.15, -0.1) is 0 Å². The Hall–Kier alpha value is -1.14. The van der Waals surface area contributed by atoms with Crippen molar-refractivity contribution < 1.29 is 9.53 Å². The Morgan fingerprint density at radius 1 is 1.52 bits per heavy atom. The molecule has 140 valence electrons. The van der Waals surface area contributed by atoms with Gasteiger partial charge in [-0.1, -0.05) is 15.9 Å². The van der Waals surface area contributed by atoms with E-state index in [4.69, 9.17) is 10.5 Å². The fourth-order valence-corrected chi connectivity index (χ4v) is 3.76. The van der Waals surface area contributed by atoms with Crippen LogP contribution in [0, 0.1) is 5.92 Å². The van der Waals surface area contributed by atoms with Crippen LogP contribution in [-0.2, 0) is 4.74 Å². The van der Waals surface area contributed by atoms with E-state index in [1.807, 2.05) is 37.8 Å². The highest BCUT2D eigenvalue weighted by Crippen LogP contribution is 2.37. The molecule has 25 heavy (non-hydrogen) atoms. The van der Waals surface area contributed by atoms with Crippen molar-refractivity contribution in [2.75, 3.05) is 6.54 Å². The summed E-state index contributed by atoms with van der Waals surface area (Å²) in [4.78, 5) is 18.7. The Bertz CT molecular complexity index is 613. The van der Waals surface area contributed by atoms with E-state index in [0.29, 0.717) is 5.92 Å². The Kier molecular flexibility index (Phi) is 6.15. The number of likely N-dealkylation sites (tertiary alicyclic amines) is 1. The quantitative estimate of drug-likeness (QED) is 0.781. The van der Waals surface area contributed by atoms with Crippen molar-refractivity contribution in [3.63, 3.8) is 0 Å². The molecule has 1 fully saturated rings. The van der Waals surface area contributed by atoms with E-state index in [1.165, 1.54) is 0 Å². The van der Waals surface area contributed by atoms with Crippen LogP contribution in [0.3, 0.4) is 0 Å². The van der Waals surface area contributed by atoms with E-state index in [-0.39, 0.29) is 17.7 Å². The Morgan fingerprint density at radius 2 is 2.20 bits per heavy atom.